The Kier molecular flexibility index (Phi) is 7.87. The average molecular weight is 434 g/mol. The molecule has 0 unspecified atom stereocenters. The van der Waals surface area contributed by atoms with E-state index in [4.69, 9.17) is 0 Å². The number of hydrogen-bond acceptors (Lipinski definition) is 0. The summed E-state index contributed by atoms with van der Waals surface area (Å²) in [6.07, 6.45) is 6.39. The molecule has 0 amide bonds. The van der Waals surface area contributed by atoms with Gasteiger partial charge in [-0.3, -0.25) is 0 Å². The zero-order chi connectivity index (χ0) is 23.4. The summed E-state index contributed by atoms with van der Waals surface area (Å²) in [5.74, 6) is 0. The van der Waals surface area contributed by atoms with Crippen molar-refractivity contribution in [3.8, 4) is 0 Å². The molecule has 0 nitrogen and oxygen atoms in total. The molecule has 0 aliphatic heterocycles. The largest absolute Gasteiger partial charge is 0.165 e. The third-order valence-corrected chi connectivity index (χ3v) is 7.51. The van der Waals surface area contributed by atoms with E-state index in [0.717, 1.165) is 0 Å². The van der Waals surface area contributed by atoms with E-state index in [-0.39, 0.29) is 27.1 Å². The van der Waals surface area contributed by atoms with E-state index in [1.165, 1.54) is 26.5 Å². The van der Waals surface area contributed by atoms with E-state index in [0.29, 0.717) is 0 Å². The molecule has 0 aliphatic rings. The van der Waals surface area contributed by atoms with Gasteiger partial charge in [0.15, 0.2) is 9.79 Å². The van der Waals surface area contributed by atoms with E-state index in [9.17, 15) is 0 Å². The van der Waals surface area contributed by atoms with Crippen molar-refractivity contribution in [2.45, 2.75) is 82.9 Å². The van der Waals surface area contributed by atoms with Gasteiger partial charge >= 0.3 is 0 Å². The lowest BCUT2D eigenvalue weighted by Gasteiger charge is -2.20. The number of rotatable bonds is 5. The first-order valence-electron chi connectivity index (χ1n) is 11.2. The third-order valence-electron chi connectivity index (χ3n) is 5.52. The van der Waals surface area contributed by atoms with Crippen LogP contribution in [0.1, 0.15) is 73.4 Å². The summed E-state index contributed by atoms with van der Waals surface area (Å²) in [6, 6.07) is 18.3. The van der Waals surface area contributed by atoms with Gasteiger partial charge in [0.2, 0.25) is 0 Å². The molecular weight excluding hydrogens is 392 g/mol. The molecule has 166 valence electrons. The summed E-state index contributed by atoms with van der Waals surface area (Å²) < 4.78 is 0. The zero-order valence-corrected chi connectivity index (χ0v) is 21.9. The first kappa shape index (κ1) is 25.3. The minimum Gasteiger partial charge on any atom is -0.0988 e. The molecule has 0 heterocycles. The molecular formula is C30H41S+. The quantitative estimate of drug-likeness (QED) is 0.326. The fraction of sp³-hybridized carbons (Fsp3) is 0.400. The van der Waals surface area contributed by atoms with Gasteiger partial charge in [-0.15, -0.1) is 0 Å². The molecule has 0 saturated heterocycles. The number of benzene rings is 2. The van der Waals surface area contributed by atoms with Gasteiger partial charge in [0, 0.05) is 0 Å². The molecule has 2 aromatic carbocycles. The fourth-order valence-electron chi connectivity index (χ4n) is 3.34. The van der Waals surface area contributed by atoms with Crippen molar-refractivity contribution in [3.05, 3.63) is 95.4 Å². The van der Waals surface area contributed by atoms with Crippen LogP contribution in [0.15, 0.2) is 94.1 Å². The van der Waals surface area contributed by atoms with Gasteiger partial charge in [-0.2, -0.15) is 0 Å². The Morgan fingerprint density at radius 3 is 1.35 bits per heavy atom. The highest BCUT2D eigenvalue weighted by atomic mass is 32.2. The highest BCUT2D eigenvalue weighted by Gasteiger charge is 2.25. The Hall–Kier alpha value is -1.99. The lowest BCUT2D eigenvalue weighted by molar-refractivity contribution is 0.517. The van der Waals surface area contributed by atoms with E-state index in [1.54, 1.807) is 0 Å². The summed E-state index contributed by atoms with van der Waals surface area (Å²) in [5.41, 5.74) is 4.40. The smallest absolute Gasteiger partial charge is 0.0988 e. The van der Waals surface area contributed by atoms with Gasteiger partial charge in [0.05, 0.1) is 10.9 Å². The fourth-order valence-corrected chi connectivity index (χ4v) is 5.02. The molecule has 0 radical (unpaired) electrons. The van der Waals surface area contributed by atoms with Gasteiger partial charge in [-0.05, 0) is 63.3 Å². The lowest BCUT2D eigenvalue weighted by Crippen LogP contribution is -2.12. The second-order valence-electron chi connectivity index (χ2n) is 11.3. The highest BCUT2D eigenvalue weighted by Crippen LogP contribution is 2.31. The summed E-state index contributed by atoms with van der Waals surface area (Å²) in [7, 11) is -0.126. The van der Waals surface area contributed by atoms with Crippen molar-refractivity contribution in [2.75, 3.05) is 0 Å². The van der Waals surface area contributed by atoms with Crippen molar-refractivity contribution in [1.29, 1.82) is 0 Å². The molecule has 0 bridgehead atoms. The SMILES string of the molecule is C=C/C(=C\C=C\[S+](c1ccc(C(C)(C)C)cc1)c1ccc(C(C)(C)C)cc1)C(C)(C)C. The van der Waals surface area contributed by atoms with Crippen LogP contribution in [0, 0.1) is 5.41 Å². The summed E-state index contributed by atoms with van der Waals surface area (Å²) in [4.78, 5) is 2.69. The molecule has 0 atom stereocenters. The van der Waals surface area contributed by atoms with Crippen LogP contribution in [0.25, 0.3) is 0 Å². The molecule has 31 heavy (non-hydrogen) atoms. The van der Waals surface area contributed by atoms with Gasteiger partial charge in [0.25, 0.3) is 0 Å². The molecule has 0 aliphatic carbocycles. The Morgan fingerprint density at radius 1 is 0.677 bits per heavy atom. The van der Waals surface area contributed by atoms with Crippen molar-refractivity contribution < 1.29 is 0 Å². The maximum absolute atomic E-state index is 4.01. The highest BCUT2D eigenvalue weighted by molar-refractivity contribution is 7.99. The monoisotopic (exact) mass is 433 g/mol. The molecule has 1 heteroatoms. The zero-order valence-electron chi connectivity index (χ0n) is 21.0. The van der Waals surface area contributed by atoms with Gasteiger partial charge in [-0.1, -0.05) is 105 Å². The van der Waals surface area contributed by atoms with Gasteiger partial charge in [0.1, 0.15) is 5.41 Å². The Balaban J connectivity index is 2.48. The topological polar surface area (TPSA) is 0 Å². The lowest BCUT2D eigenvalue weighted by atomic mass is 9.86. The number of allylic oxidation sites excluding steroid dienone is 4. The van der Waals surface area contributed by atoms with Crippen molar-refractivity contribution in [2.24, 2.45) is 5.41 Å². The maximum atomic E-state index is 4.01. The van der Waals surface area contributed by atoms with E-state index in [1.807, 2.05) is 6.08 Å². The minimum atomic E-state index is -0.126. The molecule has 0 aromatic heterocycles. The Labute approximate surface area is 194 Å². The summed E-state index contributed by atoms with van der Waals surface area (Å²) in [5, 5.41) is 2.34. The van der Waals surface area contributed by atoms with Crippen LogP contribution in [0.5, 0.6) is 0 Å². The van der Waals surface area contributed by atoms with Crippen LogP contribution < -0.4 is 0 Å². The first-order chi connectivity index (χ1) is 14.2. The predicted molar refractivity (Wildman–Crippen MR) is 141 cm³/mol. The molecule has 0 N–H and O–H groups in total. The minimum absolute atomic E-state index is 0.0907. The van der Waals surface area contributed by atoms with Crippen LogP contribution in [0.4, 0.5) is 0 Å². The van der Waals surface area contributed by atoms with Crippen LogP contribution >= 0.6 is 0 Å². The predicted octanol–water partition coefficient (Wildman–Crippen LogP) is 8.99. The summed E-state index contributed by atoms with van der Waals surface area (Å²) >= 11 is 0. The van der Waals surface area contributed by atoms with Crippen LogP contribution in [0.2, 0.25) is 0 Å². The van der Waals surface area contributed by atoms with Crippen LogP contribution in [-0.4, -0.2) is 0 Å². The maximum Gasteiger partial charge on any atom is 0.165 e. The van der Waals surface area contributed by atoms with Crippen molar-refractivity contribution in [1.82, 2.24) is 0 Å². The van der Waals surface area contributed by atoms with Crippen molar-refractivity contribution in [3.63, 3.8) is 0 Å². The third kappa shape index (κ3) is 7.01. The van der Waals surface area contributed by atoms with Crippen molar-refractivity contribution >= 4 is 10.9 Å². The average Bonchev–Trinajstić information content (AvgIpc) is 2.66. The van der Waals surface area contributed by atoms with E-state index in [2.05, 4.69) is 135 Å². The molecule has 2 rings (SSSR count). The second kappa shape index (κ2) is 9.65. The van der Waals surface area contributed by atoms with E-state index < -0.39 is 0 Å². The van der Waals surface area contributed by atoms with Crippen LogP contribution in [0.3, 0.4) is 0 Å². The van der Waals surface area contributed by atoms with Crippen LogP contribution in [-0.2, 0) is 21.7 Å². The second-order valence-corrected chi connectivity index (χ2v) is 13.2. The Bertz CT molecular complexity index is 861. The van der Waals surface area contributed by atoms with Gasteiger partial charge in [-0.25, -0.2) is 0 Å². The molecule has 0 saturated carbocycles. The summed E-state index contributed by atoms with van der Waals surface area (Å²) in [6.45, 7) is 24.3. The standard InChI is InChI=1S/C30H41S/c1-11-23(28(2,3)4)13-12-22-31(26-18-14-24(15-19-26)29(5,6)7)27-20-16-25(17-21-27)30(8,9)10/h11-22H,1H2,2-10H3/q+1/b22-12+,23-13+. The Morgan fingerprint density at radius 2 is 1.06 bits per heavy atom. The molecule has 2 aromatic rings. The molecule has 0 spiro atoms. The molecule has 0 fully saturated rings. The normalized spacial score (nSPS) is 13.8. The number of hydrogen-bond donors (Lipinski definition) is 0. The van der Waals surface area contributed by atoms with Gasteiger partial charge < -0.3 is 0 Å². The van der Waals surface area contributed by atoms with E-state index >= 15 is 0 Å². The first-order valence-corrected chi connectivity index (χ1v) is 12.5.